The molecule has 1 unspecified atom stereocenters. The second-order valence-corrected chi connectivity index (χ2v) is 3.72. The van der Waals surface area contributed by atoms with E-state index in [1.165, 1.54) is 0 Å². The molecule has 0 aromatic heterocycles. The van der Waals surface area contributed by atoms with Gasteiger partial charge < -0.3 is 20.3 Å². The lowest BCUT2D eigenvalue weighted by Gasteiger charge is -2.08. The van der Waals surface area contributed by atoms with Gasteiger partial charge in [-0.15, -0.1) is 0 Å². The number of nitrogens with two attached hydrogens (primary N) is 1. The van der Waals surface area contributed by atoms with Gasteiger partial charge in [-0.25, -0.2) is 4.79 Å². The molecular weight excluding hydrogens is 222 g/mol. The Labute approximate surface area is 100 Å². The maximum absolute atomic E-state index is 11.2. The number of hydrogen-bond acceptors (Lipinski definition) is 5. The molecule has 0 fully saturated rings. The van der Waals surface area contributed by atoms with Crippen molar-refractivity contribution in [3.05, 3.63) is 24.3 Å². The fourth-order valence-electron chi connectivity index (χ4n) is 1.13. The molecule has 0 aliphatic carbocycles. The van der Waals surface area contributed by atoms with Gasteiger partial charge in [0.2, 0.25) is 0 Å². The van der Waals surface area contributed by atoms with Crippen molar-refractivity contribution < 1.29 is 19.4 Å². The van der Waals surface area contributed by atoms with Gasteiger partial charge >= 0.3 is 5.97 Å². The molecule has 0 saturated heterocycles. The van der Waals surface area contributed by atoms with E-state index in [0.29, 0.717) is 17.9 Å². The molecule has 1 atom stereocenters. The molecule has 1 rings (SSSR count). The first kappa shape index (κ1) is 13.3. The van der Waals surface area contributed by atoms with Gasteiger partial charge in [0.05, 0.1) is 12.7 Å². The van der Waals surface area contributed by atoms with Crippen LogP contribution >= 0.6 is 0 Å². The van der Waals surface area contributed by atoms with Gasteiger partial charge in [0.25, 0.3) is 0 Å². The van der Waals surface area contributed by atoms with E-state index in [1.807, 2.05) is 0 Å². The maximum atomic E-state index is 11.2. The molecule has 0 heterocycles. The number of esters is 1. The first-order valence-corrected chi connectivity index (χ1v) is 5.40. The summed E-state index contributed by atoms with van der Waals surface area (Å²) >= 11 is 0. The molecule has 0 bridgehead atoms. The minimum atomic E-state index is -0.474. The van der Waals surface area contributed by atoms with Gasteiger partial charge in [0.15, 0.2) is 6.61 Å². The zero-order valence-electron chi connectivity index (χ0n) is 9.76. The molecule has 0 radical (unpaired) electrons. The highest BCUT2D eigenvalue weighted by atomic mass is 16.6. The molecule has 0 aliphatic rings. The fraction of sp³-hybridized carbons (Fsp3) is 0.417. The third kappa shape index (κ3) is 5.77. The highest BCUT2D eigenvalue weighted by molar-refractivity contribution is 5.71. The fourth-order valence-corrected chi connectivity index (χ4v) is 1.13. The van der Waals surface area contributed by atoms with Crippen molar-refractivity contribution in [1.29, 1.82) is 0 Å². The zero-order valence-corrected chi connectivity index (χ0v) is 9.76. The van der Waals surface area contributed by atoms with Crippen LogP contribution in [0.2, 0.25) is 0 Å². The Morgan fingerprint density at radius 1 is 1.53 bits per heavy atom. The molecule has 0 saturated carbocycles. The monoisotopic (exact) mass is 239 g/mol. The van der Waals surface area contributed by atoms with E-state index in [4.69, 9.17) is 20.3 Å². The van der Waals surface area contributed by atoms with Gasteiger partial charge in [0.1, 0.15) is 5.75 Å². The summed E-state index contributed by atoms with van der Waals surface area (Å²) in [5.41, 5.74) is 6.13. The van der Waals surface area contributed by atoms with Crippen LogP contribution in [0, 0.1) is 0 Å². The highest BCUT2D eigenvalue weighted by Crippen LogP contribution is 2.14. The zero-order chi connectivity index (χ0) is 12.7. The van der Waals surface area contributed by atoms with E-state index in [9.17, 15) is 4.79 Å². The molecule has 1 aromatic carbocycles. The van der Waals surface area contributed by atoms with Crippen LogP contribution in [0.25, 0.3) is 0 Å². The number of aliphatic hydroxyl groups excluding tert-OH is 1. The Hall–Kier alpha value is -1.75. The third-order valence-electron chi connectivity index (χ3n) is 2.01. The summed E-state index contributed by atoms with van der Waals surface area (Å²) in [4.78, 5) is 11.2. The number of hydrogen-bond donors (Lipinski definition) is 2. The Balaban J connectivity index is 2.24. The number of anilines is 1. The Kier molecular flexibility index (Phi) is 5.29. The van der Waals surface area contributed by atoms with Crippen molar-refractivity contribution in [1.82, 2.24) is 0 Å². The number of rotatable bonds is 6. The minimum Gasteiger partial charge on any atom is -0.482 e. The van der Waals surface area contributed by atoms with Crippen molar-refractivity contribution in [2.75, 3.05) is 18.9 Å². The summed E-state index contributed by atoms with van der Waals surface area (Å²) in [6, 6.07) is 6.81. The first-order chi connectivity index (χ1) is 8.08. The first-order valence-electron chi connectivity index (χ1n) is 5.40. The van der Waals surface area contributed by atoms with Crippen molar-refractivity contribution in [2.45, 2.75) is 19.4 Å². The molecule has 3 N–H and O–H groups in total. The number of carbonyl (C=O) groups excluding carboxylic acids is 1. The average Bonchev–Trinajstić information content (AvgIpc) is 2.26. The van der Waals surface area contributed by atoms with Gasteiger partial charge in [-0.05, 0) is 19.1 Å². The molecule has 5 nitrogen and oxygen atoms in total. The minimum absolute atomic E-state index is 0.163. The summed E-state index contributed by atoms with van der Waals surface area (Å²) in [5.74, 6) is 0.0607. The topological polar surface area (TPSA) is 81.8 Å². The summed E-state index contributed by atoms with van der Waals surface area (Å²) < 4.78 is 10.0. The van der Waals surface area contributed by atoms with Crippen LogP contribution in [-0.4, -0.2) is 30.4 Å². The van der Waals surface area contributed by atoms with Gasteiger partial charge in [-0.1, -0.05) is 6.07 Å². The molecule has 0 amide bonds. The normalized spacial score (nSPS) is 11.9. The summed E-state index contributed by atoms with van der Waals surface area (Å²) in [6.07, 6.45) is -0.0537. The molecule has 0 spiro atoms. The van der Waals surface area contributed by atoms with Gasteiger partial charge in [-0.3, -0.25) is 0 Å². The number of ether oxygens (including phenoxy) is 2. The number of aliphatic hydroxyl groups is 1. The van der Waals surface area contributed by atoms with E-state index in [2.05, 4.69) is 0 Å². The Morgan fingerprint density at radius 2 is 2.29 bits per heavy atom. The van der Waals surface area contributed by atoms with Gasteiger partial charge in [-0.2, -0.15) is 0 Å². The lowest BCUT2D eigenvalue weighted by molar-refractivity contribution is -0.146. The second kappa shape index (κ2) is 6.75. The largest absolute Gasteiger partial charge is 0.482 e. The number of carbonyl (C=O) groups is 1. The van der Waals surface area contributed by atoms with E-state index in [1.54, 1.807) is 31.2 Å². The van der Waals surface area contributed by atoms with E-state index < -0.39 is 12.1 Å². The standard InChI is InChI=1S/C12H17NO4/c1-9(14)5-6-16-12(15)8-17-11-4-2-3-10(13)7-11/h2-4,7,9,14H,5-6,8,13H2,1H3. The van der Waals surface area contributed by atoms with Crippen molar-refractivity contribution >= 4 is 11.7 Å². The van der Waals surface area contributed by atoms with Crippen LogP contribution in [-0.2, 0) is 9.53 Å². The van der Waals surface area contributed by atoms with Crippen LogP contribution in [0.15, 0.2) is 24.3 Å². The second-order valence-electron chi connectivity index (χ2n) is 3.72. The smallest absolute Gasteiger partial charge is 0.344 e. The predicted molar refractivity (Wildman–Crippen MR) is 63.6 cm³/mol. The van der Waals surface area contributed by atoms with Crippen LogP contribution < -0.4 is 10.5 Å². The van der Waals surface area contributed by atoms with Crippen LogP contribution in [0.5, 0.6) is 5.75 Å². The molecule has 17 heavy (non-hydrogen) atoms. The Morgan fingerprint density at radius 3 is 2.94 bits per heavy atom. The number of nitrogen functional groups attached to an aromatic ring is 1. The maximum Gasteiger partial charge on any atom is 0.344 e. The molecule has 0 aliphatic heterocycles. The molecule has 1 aromatic rings. The van der Waals surface area contributed by atoms with E-state index in [0.717, 1.165) is 0 Å². The molecule has 5 heteroatoms. The third-order valence-corrected chi connectivity index (χ3v) is 2.01. The lowest BCUT2D eigenvalue weighted by atomic mass is 10.3. The quantitative estimate of drug-likeness (QED) is 0.571. The lowest BCUT2D eigenvalue weighted by Crippen LogP contribution is -2.17. The average molecular weight is 239 g/mol. The summed E-state index contributed by atoms with van der Waals surface area (Å²) in [6.45, 7) is 1.66. The molecular formula is C12H17NO4. The van der Waals surface area contributed by atoms with Crippen LogP contribution in [0.3, 0.4) is 0 Å². The summed E-state index contributed by atoms with van der Waals surface area (Å²) in [7, 11) is 0. The summed E-state index contributed by atoms with van der Waals surface area (Å²) in [5, 5.41) is 8.97. The van der Waals surface area contributed by atoms with Crippen molar-refractivity contribution in [2.24, 2.45) is 0 Å². The molecule has 94 valence electrons. The van der Waals surface area contributed by atoms with Crippen LogP contribution in [0.4, 0.5) is 5.69 Å². The van der Waals surface area contributed by atoms with Crippen molar-refractivity contribution in [3.63, 3.8) is 0 Å². The van der Waals surface area contributed by atoms with E-state index >= 15 is 0 Å². The van der Waals surface area contributed by atoms with Gasteiger partial charge in [0, 0.05) is 18.2 Å². The SMILES string of the molecule is CC(O)CCOC(=O)COc1cccc(N)c1. The van der Waals surface area contributed by atoms with Crippen LogP contribution in [0.1, 0.15) is 13.3 Å². The van der Waals surface area contributed by atoms with E-state index in [-0.39, 0.29) is 13.2 Å². The van der Waals surface area contributed by atoms with Crippen molar-refractivity contribution in [3.8, 4) is 5.75 Å². The number of benzene rings is 1. The highest BCUT2D eigenvalue weighted by Gasteiger charge is 2.05. The Bertz CT molecular complexity index is 365. The predicted octanol–water partition coefficient (Wildman–Crippen LogP) is 0.962.